The zero-order chi connectivity index (χ0) is 15.1. The maximum atomic E-state index is 11.7. The Morgan fingerprint density at radius 1 is 1.40 bits per heavy atom. The summed E-state index contributed by atoms with van der Waals surface area (Å²) in [6.07, 6.45) is 0. The molecule has 8 heteroatoms. The van der Waals surface area contributed by atoms with Crippen molar-refractivity contribution in [1.29, 1.82) is 0 Å². The lowest BCUT2D eigenvalue weighted by Gasteiger charge is -2.09. The van der Waals surface area contributed by atoms with Gasteiger partial charge in [0.15, 0.2) is 0 Å². The number of amides is 1. The molecule has 110 valence electrons. The molecule has 1 atom stereocenters. The van der Waals surface area contributed by atoms with E-state index in [0.717, 1.165) is 0 Å². The van der Waals surface area contributed by atoms with Gasteiger partial charge in [0, 0.05) is 11.4 Å². The number of ether oxygens (including phenoxy) is 1. The van der Waals surface area contributed by atoms with E-state index in [9.17, 15) is 9.59 Å². The zero-order valence-electron chi connectivity index (χ0n) is 10.7. The highest BCUT2D eigenvalue weighted by atomic mass is 35.5. The maximum Gasteiger partial charge on any atom is 0.323 e. The number of rotatable bonds is 6. The van der Waals surface area contributed by atoms with Crippen molar-refractivity contribution in [2.24, 2.45) is 5.73 Å². The van der Waals surface area contributed by atoms with Gasteiger partial charge in [-0.25, -0.2) is 0 Å². The second kappa shape index (κ2) is 8.36. The van der Waals surface area contributed by atoms with Crippen LogP contribution in [0.3, 0.4) is 0 Å². The van der Waals surface area contributed by atoms with E-state index in [2.05, 4.69) is 10.1 Å². The third kappa shape index (κ3) is 5.58. The molecule has 0 aliphatic carbocycles. The fourth-order valence-corrected chi connectivity index (χ4v) is 2.33. The first-order chi connectivity index (χ1) is 9.43. The highest BCUT2D eigenvalue weighted by Gasteiger charge is 2.14. The van der Waals surface area contributed by atoms with Gasteiger partial charge in [0.05, 0.1) is 22.9 Å². The molecule has 3 N–H and O–H groups in total. The molecule has 0 bridgehead atoms. The SMILES string of the molecule is COC(=O)C(N)CSCC(=O)Nc1ccc(Cl)c(Cl)c1. The molecule has 0 heterocycles. The summed E-state index contributed by atoms with van der Waals surface area (Å²) in [5.41, 5.74) is 6.10. The molecule has 1 aromatic carbocycles. The molecule has 1 amide bonds. The predicted molar refractivity (Wildman–Crippen MR) is 82.4 cm³/mol. The lowest BCUT2D eigenvalue weighted by molar-refractivity contribution is -0.141. The normalized spacial score (nSPS) is 11.8. The summed E-state index contributed by atoms with van der Waals surface area (Å²) in [5.74, 6) is -0.236. The van der Waals surface area contributed by atoms with Gasteiger partial charge in [0.2, 0.25) is 5.91 Å². The monoisotopic (exact) mass is 336 g/mol. The summed E-state index contributed by atoms with van der Waals surface area (Å²) in [4.78, 5) is 22.7. The average molecular weight is 337 g/mol. The first-order valence-corrected chi connectivity index (χ1v) is 7.51. The zero-order valence-corrected chi connectivity index (χ0v) is 13.0. The molecule has 0 radical (unpaired) electrons. The Bertz CT molecular complexity index is 500. The topological polar surface area (TPSA) is 81.4 Å². The smallest absolute Gasteiger partial charge is 0.323 e. The number of esters is 1. The van der Waals surface area contributed by atoms with E-state index in [4.69, 9.17) is 28.9 Å². The van der Waals surface area contributed by atoms with E-state index in [0.29, 0.717) is 21.5 Å². The molecule has 1 aromatic rings. The van der Waals surface area contributed by atoms with Crippen LogP contribution < -0.4 is 11.1 Å². The molecular weight excluding hydrogens is 323 g/mol. The number of nitrogens with two attached hydrogens (primary N) is 1. The molecule has 0 aromatic heterocycles. The Kier molecular flexibility index (Phi) is 7.15. The minimum absolute atomic E-state index is 0.172. The fourth-order valence-electron chi connectivity index (χ4n) is 1.27. The van der Waals surface area contributed by atoms with Crippen LogP contribution in [-0.4, -0.2) is 36.5 Å². The van der Waals surface area contributed by atoms with Gasteiger partial charge in [0.25, 0.3) is 0 Å². The Morgan fingerprint density at radius 3 is 2.70 bits per heavy atom. The highest BCUT2D eigenvalue weighted by Crippen LogP contribution is 2.25. The quantitative estimate of drug-likeness (QED) is 0.778. The van der Waals surface area contributed by atoms with Gasteiger partial charge in [0.1, 0.15) is 6.04 Å². The third-order valence-electron chi connectivity index (χ3n) is 2.24. The standard InChI is InChI=1S/C12H14Cl2N2O3S/c1-19-12(18)10(15)5-20-6-11(17)16-7-2-3-8(13)9(14)4-7/h2-4,10H,5-6,15H2,1H3,(H,16,17). The Morgan fingerprint density at radius 2 is 2.10 bits per heavy atom. The van der Waals surface area contributed by atoms with E-state index < -0.39 is 12.0 Å². The number of hydrogen-bond donors (Lipinski definition) is 2. The highest BCUT2D eigenvalue weighted by molar-refractivity contribution is 8.00. The molecule has 0 saturated carbocycles. The summed E-state index contributed by atoms with van der Waals surface area (Å²) in [6, 6.07) is 4.08. The Labute approximate surface area is 131 Å². The second-order valence-corrected chi connectivity index (χ2v) is 5.67. The summed E-state index contributed by atoms with van der Waals surface area (Å²) in [6.45, 7) is 0. The van der Waals surface area contributed by atoms with Crippen LogP contribution in [0, 0.1) is 0 Å². The number of hydrogen-bond acceptors (Lipinski definition) is 5. The van der Waals surface area contributed by atoms with Gasteiger partial charge < -0.3 is 15.8 Å². The number of carbonyl (C=O) groups is 2. The van der Waals surface area contributed by atoms with Crippen LogP contribution in [0.1, 0.15) is 0 Å². The van der Waals surface area contributed by atoms with Crippen LogP contribution in [0.15, 0.2) is 18.2 Å². The van der Waals surface area contributed by atoms with E-state index in [-0.39, 0.29) is 11.7 Å². The van der Waals surface area contributed by atoms with Crippen molar-refractivity contribution in [2.45, 2.75) is 6.04 Å². The number of halogens is 2. The number of anilines is 1. The Balaban J connectivity index is 2.37. The predicted octanol–water partition coefficient (Wildman–Crippen LogP) is 2.17. The largest absolute Gasteiger partial charge is 0.468 e. The van der Waals surface area contributed by atoms with Crippen molar-refractivity contribution in [3.63, 3.8) is 0 Å². The van der Waals surface area contributed by atoms with E-state index in [1.807, 2.05) is 0 Å². The lowest BCUT2D eigenvalue weighted by Crippen LogP contribution is -2.34. The first-order valence-electron chi connectivity index (χ1n) is 5.60. The average Bonchev–Trinajstić information content (AvgIpc) is 2.41. The van der Waals surface area contributed by atoms with Gasteiger partial charge in [-0.15, -0.1) is 11.8 Å². The molecule has 20 heavy (non-hydrogen) atoms. The molecular formula is C12H14Cl2N2O3S. The summed E-state index contributed by atoms with van der Waals surface area (Å²) in [7, 11) is 1.27. The Hall–Kier alpha value is -0.950. The molecule has 0 fully saturated rings. The molecule has 0 spiro atoms. The minimum atomic E-state index is -0.734. The first kappa shape index (κ1) is 17.1. The molecule has 5 nitrogen and oxygen atoms in total. The van der Waals surface area contributed by atoms with Gasteiger partial charge in [-0.1, -0.05) is 23.2 Å². The van der Waals surface area contributed by atoms with Crippen molar-refractivity contribution >= 4 is 52.5 Å². The van der Waals surface area contributed by atoms with Crippen molar-refractivity contribution < 1.29 is 14.3 Å². The van der Waals surface area contributed by atoms with E-state index in [1.165, 1.54) is 18.9 Å². The molecule has 0 aliphatic rings. The van der Waals surface area contributed by atoms with E-state index in [1.54, 1.807) is 18.2 Å². The van der Waals surface area contributed by atoms with Gasteiger partial charge >= 0.3 is 5.97 Å². The summed E-state index contributed by atoms with van der Waals surface area (Å²) >= 11 is 12.9. The molecule has 0 aliphatic heterocycles. The van der Waals surface area contributed by atoms with Crippen molar-refractivity contribution in [3.05, 3.63) is 28.2 Å². The van der Waals surface area contributed by atoms with Crippen molar-refractivity contribution in [3.8, 4) is 0 Å². The number of thioether (sulfide) groups is 1. The van der Waals surface area contributed by atoms with Crippen molar-refractivity contribution in [1.82, 2.24) is 0 Å². The van der Waals surface area contributed by atoms with Crippen LogP contribution in [0.2, 0.25) is 10.0 Å². The van der Waals surface area contributed by atoms with Crippen LogP contribution in [-0.2, 0) is 14.3 Å². The van der Waals surface area contributed by atoms with Gasteiger partial charge in [-0.3, -0.25) is 9.59 Å². The molecule has 1 unspecified atom stereocenters. The number of methoxy groups -OCH3 is 1. The number of nitrogens with one attached hydrogen (secondary N) is 1. The molecule has 1 rings (SSSR count). The van der Waals surface area contributed by atoms with E-state index >= 15 is 0 Å². The molecule has 0 saturated heterocycles. The van der Waals surface area contributed by atoms with Crippen LogP contribution in [0.5, 0.6) is 0 Å². The van der Waals surface area contributed by atoms with Crippen LogP contribution in [0.25, 0.3) is 0 Å². The fraction of sp³-hybridized carbons (Fsp3) is 0.333. The lowest BCUT2D eigenvalue weighted by atomic mass is 10.3. The second-order valence-electron chi connectivity index (χ2n) is 3.82. The van der Waals surface area contributed by atoms with Gasteiger partial charge in [-0.2, -0.15) is 0 Å². The minimum Gasteiger partial charge on any atom is -0.468 e. The number of benzene rings is 1. The summed E-state index contributed by atoms with van der Waals surface area (Å²) < 4.78 is 4.48. The number of carbonyl (C=O) groups excluding carboxylic acids is 2. The van der Waals surface area contributed by atoms with Gasteiger partial charge in [-0.05, 0) is 18.2 Å². The van der Waals surface area contributed by atoms with Crippen molar-refractivity contribution in [2.75, 3.05) is 23.9 Å². The van der Waals surface area contributed by atoms with Crippen LogP contribution in [0.4, 0.5) is 5.69 Å². The summed E-state index contributed by atoms with van der Waals surface area (Å²) in [5, 5.41) is 3.45. The van der Waals surface area contributed by atoms with Crippen LogP contribution >= 0.6 is 35.0 Å². The maximum absolute atomic E-state index is 11.7. The third-order valence-corrected chi connectivity index (χ3v) is 4.04.